The largest absolute Gasteiger partial charge is 1.00 e. The Bertz CT molecular complexity index is 1130. The summed E-state index contributed by atoms with van der Waals surface area (Å²) in [7, 11) is 0. The summed E-state index contributed by atoms with van der Waals surface area (Å²) >= 11 is 1.30. The third-order valence-electron chi connectivity index (χ3n) is 7.17. The van der Waals surface area contributed by atoms with Crippen molar-refractivity contribution in [2.45, 2.75) is 112 Å². The standard InChI is InChI=1S/C23H29.C11H17.CH2.2ClH.Zr/c1-14-9-16-11-17-10-15(2)21(23(6,7)8)13-19(17)18(16)12-20(14)22(3,4)5;1-5-9-6-7-10(8-9)11(2,3)4;;;;/h9,12-13H,11H2,1-8H3;6-8H,5H2,1-4H3;1H2;2*1H;/q2*-1;;;;+2/p-2. The first-order chi connectivity index (χ1) is 16.5. The predicted octanol–water partition coefficient (Wildman–Crippen LogP) is 3.51. The third kappa shape index (κ3) is 8.81. The minimum atomic E-state index is 0. The second kappa shape index (κ2) is 14.1. The molecule has 0 N–H and O–H groups in total. The summed E-state index contributed by atoms with van der Waals surface area (Å²) in [4.78, 5) is 0. The Morgan fingerprint density at radius 3 is 1.74 bits per heavy atom. The number of rotatable bonds is 1. The molecular weight excluding hydrogens is 583 g/mol. The molecule has 0 atom stereocenters. The maximum atomic E-state index is 3.69. The number of aryl methyl sites for hydroxylation is 3. The van der Waals surface area contributed by atoms with E-state index in [1.54, 1.807) is 0 Å². The molecule has 0 bridgehead atoms. The third-order valence-corrected chi connectivity index (χ3v) is 7.17. The second-order valence-electron chi connectivity index (χ2n) is 13.3. The molecule has 0 aliphatic heterocycles. The van der Waals surface area contributed by atoms with Crippen LogP contribution in [0.15, 0.2) is 36.4 Å². The van der Waals surface area contributed by atoms with Crippen LogP contribution in [0.3, 0.4) is 0 Å². The fraction of sp³-hybridized carbons (Fsp3) is 0.486. The summed E-state index contributed by atoms with van der Waals surface area (Å²) < 4.78 is 3.34. The van der Waals surface area contributed by atoms with Crippen molar-refractivity contribution in [3.63, 3.8) is 0 Å². The van der Waals surface area contributed by atoms with E-state index in [1.165, 1.54) is 79.9 Å². The van der Waals surface area contributed by atoms with E-state index in [4.69, 9.17) is 0 Å². The normalized spacial score (nSPS) is 12.1. The van der Waals surface area contributed by atoms with Crippen LogP contribution in [0, 0.1) is 19.9 Å². The Kier molecular flexibility index (Phi) is 13.8. The second-order valence-corrected chi connectivity index (χ2v) is 13.3. The van der Waals surface area contributed by atoms with Gasteiger partial charge in [-0.3, -0.25) is 0 Å². The molecule has 1 aliphatic carbocycles. The van der Waals surface area contributed by atoms with Gasteiger partial charge in [-0.2, -0.15) is 41.0 Å². The van der Waals surface area contributed by atoms with Crippen LogP contribution in [-0.2, 0) is 53.3 Å². The number of halogens is 2. The maximum absolute atomic E-state index is 3.69. The summed E-state index contributed by atoms with van der Waals surface area (Å²) in [5, 5.41) is 0. The average molecular weight is 631 g/mol. The maximum Gasteiger partial charge on any atom is -1.00 e. The molecule has 0 radical (unpaired) electrons. The van der Waals surface area contributed by atoms with E-state index in [0.29, 0.717) is 5.41 Å². The van der Waals surface area contributed by atoms with Gasteiger partial charge < -0.3 is 24.8 Å². The first-order valence-electron chi connectivity index (χ1n) is 13.3. The molecule has 3 aromatic carbocycles. The van der Waals surface area contributed by atoms with E-state index < -0.39 is 0 Å². The van der Waals surface area contributed by atoms with Gasteiger partial charge in [-0.15, -0.1) is 16.7 Å². The molecular formula is C35H48Cl2Zr-2. The van der Waals surface area contributed by atoms with E-state index in [1.807, 2.05) is 0 Å². The minimum absolute atomic E-state index is 0. The Hall–Kier alpha value is -0.877. The van der Waals surface area contributed by atoms with E-state index in [0.717, 1.165) is 12.8 Å². The topological polar surface area (TPSA) is 0 Å². The Morgan fingerprint density at radius 1 is 0.789 bits per heavy atom. The molecule has 38 heavy (non-hydrogen) atoms. The Labute approximate surface area is 261 Å². The van der Waals surface area contributed by atoms with Crippen LogP contribution >= 0.6 is 0 Å². The van der Waals surface area contributed by atoms with E-state index in [2.05, 4.69) is 130 Å². The molecule has 3 heteroatoms. The van der Waals surface area contributed by atoms with Crippen LogP contribution in [0.25, 0.3) is 11.1 Å². The van der Waals surface area contributed by atoms with Crippen LogP contribution < -0.4 is 24.8 Å². The molecule has 0 saturated heterocycles. The first kappa shape index (κ1) is 37.1. The number of fused-ring (bicyclic) bond motifs is 3. The summed E-state index contributed by atoms with van der Waals surface area (Å²) in [6, 6.07) is 17.7. The number of hydrogen-bond acceptors (Lipinski definition) is 0. The summed E-state index contributed by atoms with van der Waals surface area (Å²) in [5.41, 5.74) is 14.8. The zero-order valence-corrected chi connectivity index (χ0v) is 29.8. The van der Waals surface area contributed by atoms with Crippen molar-refractivity contribution in [3.05, 3.63) is 87.0 Å². The van der Waals surface area contributed by atoms with Crippen LogP contribution in [0.4, 0.5) is 0 Å². The number of hydrogen-bond donors (Lipinski definition) is 0. The molecule has 0 heterocycles. The van der Waals surface area contributed by atoms with Gasteiger partial charge in [0.05, 0.1) is 0 Å². The van der Waals surface area contributed by atoms with Gasteiger partial charge in [0, 0.05) is 0 Å². The molecule has 1 aliphatic rings. The monoisotopic (exact) mass is 628 g/mol. The summed E-state index contributed by atoms with van der Waals surface area (Å²) in [6.07, 6.45) is 2.18. The quantitative estimate of drug-likeness (QED) is 0.283. The molecule has 0 spiro atoms. The van der Waals surface area contributed by atoms with Gasteiger partial charge in [-0.05, 0) is 35.4 Å². The molecule has 0 aromatic heterocycles. The van der Waals surface area contributed by atoms with Crippen molar-refractivity contribution in [3.8, 4) is 11.1 Å². The molecule has 0 amide bonds. The molecule has 4 rings (SSSR count). The van der Waals surface area contributed by atoms with Gasteiger partial charge in [0.1, 0.15) is 0 Å². The fourth-order valence-corrected chi connectivity index (χ4v) is 5.20. The van der Waals surface area contributed by atoms with Crippen molar-refractivity contribution in [1.82, 2.24) is 0 Å². The molecule has 0 fully saturated rings. The average Bonchev–Trinajstić information content (AvgIpc) is 3.37. The zero-order valence-electron chi connectivity index (χ0n) is 25.8. The van der Waals surface area contributed by atoms with Crippen molar-refractivity contribution in [2.24, 2.45) is 0 Å². The van der Waals surface area contributed by atoms with Crippen molar-refractivity contribution >= 4 is 4.21 Å². The van der Waals surface area contributed by atoms with Gasteiger partial charge in [0.25, 0.3) is 0 Å². The number of benzene rings is 2. The van der Waals surface area contributed by atoms with Crippen LogP contribution in [0.1, 0.15) is 114 Å². The van der Waals surface area contributed by atoms with Crippen LogP contribution in [0.5, 0.6) is 0 Å². The fourth-order valence-electron chi connectivity index (χ4n) is 5.20. The zero-order chi connectivity index (χ0) is 27.6. The van der Waals surface area contributed by atoms with E-state index in [-0.39, 0.29) is 35.6 Å². The predicted molar refractivity (Wildman–Crippen MR) is 158 cm³/mol. The Morgan fingerprint density at radius 2 is 1.32 bits per heavy atom. The van der Waals surface area contributed by atoms with E-state index in [9.17, 15) is 0 Å². The van der Waals surface area contributed by atoms with Crippen molar-refractivity contribution in [1.29, 1.82) is 0 Å². The SMILES string of the molecule is CCc1cc(C(C)(C)C)c[cH-]1.Cc1[c-]c2c(cc1C(C)(C)C)-c1cc(C(C)(C)C)c(C)cc1C2.[CH2]=[Zr+2].[Cl-].[Cl-]. The minimum Gasteiger partial charge on any atom is -1.00 e. The van der Waals surface area contributed by atoms with Gasteiger partial charge in [0.15, 0.2) is 0 Å². The molecule has 0 saturated carbocycles. The molecule has 0 nitrogen and oxygen atoms in total. The van der Waals surface area contributed by atoms with Crippen LogP contribution in [-0.4, -0.2) is 4.21 Å². The summed E-state index contributed by atoms with van der Waals surface area (Å²) in [5.74, 6) is 0. The Balaban J connectivity index is 0.000000778. The van der Waals surface area contributed by atoms with Gasteiger partial charge in [-0.25, -0.2) is 6.07 Å². The first-order valence-corrected chi connectivity index (χ1v) is 15.1. The van der Waals surface area contributed by atoms with Crippen LogP contribution in [0.2, 0.25) is 0 Å². The smallest absolute Gasteiger partial charge is 1.00 e. The van der Waals surface area contributed by atoms with Crippen molar-refractivity contribution < 1.29 is 49.0 Å². The molecule has 3 aromatic rings. The van der Waals surface area contributed by atoms with Gasteiger partial charge >= 0.3 is 28.4 Å². The molecule has 0 unspecified atom stereocenters. The van der Waals surface area contributed by atoms with E-state index >= 15 is 0 Å². The van der Waals surface area contributed by atoms with Gasteiger partial charge in [-0.1, -0.05) is 111 Å². The summed E-state index contributed by atoms with van der Waals surface area (Å²) in [6.45, 7) is 27.2. The van der Waals surface area contributed by atoms with Gasteiger partial charge in [0.2, 0.25) is 0 Å². The van der Waals surface area contributed by atoms with Crippen molar-refractivity contribution in [2.75, 3.05) is 0 Å². The molecule has 208 valence electrons.